The van der Waals surface area contributed by atoms with Crippen molar-refractivity contribution in [3.8, 4) is 0 Å². The fourth-order valence-corrected chi connectivity index (χ4v) is 2.41. The summed E-state index contributed by atoms with van der Waals surface area (Å²) in [6, 6.07) is 6.94. The lowest BCUT2D eigenvalue weighted by atomic mass is 10.1. The van der Waals surface area contributed by atoms with Crippen LogP contribution in [0, 0.1) is 5.92 Å². The molecular weight excluding hydrogens is 308 g/mol. The second-order valence-corrected chi connectivity index (χ2v) is 6.17. The van der Waals surface area contributed by atoms with Gasteiger partial charge in [0.2, 0.25) is 5.91 Å². The molecule has 1 aromatic carbocycles. The van der Waals surface area contributed by atoms with E-state index >= 15 is 0 Å². The summed E-state index contributed by atoms with van der Waals surface area (Å²) in [5.74, 6) is -1.32. The van der Waals surface area contributed by atoms with Crippen LogP contribution in [-0.2, 0) is 16.1 Å². The number of amides is 2. The molecule has 6 heteroatoms. The summed E-state index contributed by atoms with van der Waals surface area (Å²) in [5.41, 5.74) is 1.37. The van der Waals surface area contributed by atoms with Gasteiger partial charge in [-0.05, 0) is 24.1 Å². The van der Waals surface area contributed by atoms with E-state index in [-0.39, 0.29) is 24.3 Å². The molecule has 1 rings (SSSR count). The topological polar surface area (TPSA) is 77.9 Å². The molecule has 0 bridgehead atoms. The van der Waals surface area contributed by atoms with Gasteiger partial charge in [0.05, 0.1) is 0 Å². The van der Waals surface area contributed by atoms with Crippen molar-refractivity contribution >= 4 is 17.8 Å². The molecule has 0 aliphatic carbocycles. The van der Waals surface area contributed by atoms with Crippen LogP contribution in [0.5, 0.6) is 0 Å². The van der Waals surface area contributed by atoms with E-state index in [1.165, 1.54) is 4.90 Å². The molecule has 0 aromatic heterocycles. The molecular formula is C18H26N2O4. The summed E-state index contributed by atoms with van der Waals surface area (Å²) in [4.78, 5) is 38.2. The van der Waals surface area contributed by atoms with Crippen molar-refractivity contribution < 1.29 is 19.5 Å². The number of rotatable bonds is 8. The van der Waals surface area contributed by atoms with Crippen LogP contribution < -0.4 is 0 Å². The number of carboxylic acid groups (broad SMARTS) is 1. The lowest BCUT2D eigenvalue weighted by molar-refractivity contribution is -0.137. The van der Waals surface area contributed by atoms with Crippen molar-refractivity contribution in [2.45, 2.75) is 33.7 Å². The smallest absolute Gasteiger partial charge is 0.323 e. The first kappa shape index (κ1) is 19.7. The quantitative estimate of drug-likeness (QED) is 0.791. The molecule has 1 aromatic rings. The van der Waals surface area contributed by atoms with E-state index in [0.717, 1.165) is 5.56 Å². The number of hydrogen-bond donors (Lipinski definition) is 1. The zero-order valence-corrected chi connectivity index (χ0v) is 14.8. The van der Waals surface area contributed by atoms with Crippen molar-refractivity contribution in [2.75, 3.05) is 20.1 Å². The average molecular weight is 334 g/mol. The molecule has 0 heterocycles. The summed E-state index contributed by atoms with van der Waals surface area (Å²) >= 11 is 0. The molecule has 0 unspecified atom stereocenters. The maximum Gasteiger partial charge on any atom is 0.323 e. The van der Waals surface area contributed by atoms with Crippen LogP contribution in [0.1, 0.15) is 43.1 Å². The minimum absolute atomic E-state index is 0.0607. The van der Waals surface area contributed by atoms with E-state index in [2.05, 4.69) is 0 Å². The van der Waals surface area contributed by atoms with Crippen molar-refractivity contribution in [1.29, 1.82) is 0 Å². The number of carbonyl (C=O) groups is 3. The number of carbonyl (C=O) groups excluding carboxylic acids is 2. The summed E-state index contributed by atoms with van der Waals surface area (Å²) < 4.78 is 0. The summed E-state index contributed by atoms with van der Waals surface area (Å²) in [7, 11) is 1.75. The molecule has 0 fully saturated rings. The van der Waals surface area contributed by atoms with Crippen molar-refractivity contribution in [2.24, 2.45) is 5.92 Å². The highest BCUT2D eigenvalue weighted by Crippen LogP contribution is 2.11. The van der Waals surface area contributed by atoms with Crippen LogP contribution in [0.25, 0.3) is 0 Å². The SMILES string of the molecule is CCCN(CC(=O)O)C(=O)c1ccc(CN(C)C(=O)C(C)C)cc1. The van der Waals surface area contributed by atoms with Crippen molar-refractivity contribution in [3.63, 3.8) is 0 Å². The second kappa shape index (κ2) is 9.05. The molecule has 0 aliphatic heterocycles. The first-order valence-electron chi connectivity index (χ1n) is 8.11. The Hall–Kier alpha value is -2.37. The Labute approximate surface area is 143 Å². The predicted molar refractivity (Wildman–Crippen MR) is 91.6 cm³/mol. The predicted octanol–water partition coefficient (Wildman–Crippen LogP) is 2.24. The Morgan fingerprint density at radius 3 is 2.17 bits per heavy atom. The van der Waals surface area contributed by atoms with Gasteiger partial charge in [-0.1, -0.05) is 32.9 Å². The lowest BCUT2D eigenvalue weighted by Gasteiger charge is -2.21. The Morgan fingerprint density at radius 1 is 1.12 bits per heavy atom. The molecule has 6 nitrogen and oxygen atoms in total. The maximum absolute atomic E-state index is 12.4. The number of hydrogen-bond acceptors (Lipinski definition) is 3. The van der Waals surface area contributed by atoms with Gasteiger partial charge in [0, 0.05) is 31.6 Å². The average Bonchev–Trinajstić information content (AvgIpc) is 2.53. The molecule has 132 valence electrons. The van der Waals surface area contributed by atoms with Gasteiger partial charge in [0.1, 0.15) is 6.54 Å². The number of nitrogens with zero attached hydrogens (tertiary/aromatic N) is 2. The van der Waals surface area contributed by atoms with Crippen LogP contribution in [0.4, 0.5) is 0 Å². The highest BCUT2D eigenvalue weighted by molar-refractivity contribution is 5.95. The van der Waals surface area contributed by atoms with Gasteiger partial charge in [0.25, 0.3) is 5.91 Å². The fraction of sp³-hybridized carbons (Fsp3) is 0.500. The van der Waals surface area contributed by atoms with Gasteiger partial charge in [0.15, 0.2) is 0 Å². The van der Waals surface area contributed by atoms with Crippen LogP contribution in [0.2, 0.25) is 0 Å². The first-order valence-corrected chi connectivity index (χ1v) is 8.11. The van der Waals surface area contributed by atoms with Crippen molar-refractivity contribution in [3.05, 3.63) is 35.4 Å². The van der Waals surface area contributed by atoms with E-state index in [1.807, 2.05) is 20.8 Å². The third kappa shape index (κ3) is 5.68. The third-order valence-electron chi connectivity index (χ3n) is 3.60. The number of carboxylic acids is 1. The highest BCUT2D eigenvalue weighted by atomic mass is 16.4. The molecule has 2 amide bonds. The molecule has 0 aliphatic rings. The number of benzene rings is 1. The zero-order valence-electron chi connectivity index (χ0n) is 14.8. The van der Waals surface area contributed by atoms with E-state index < -0.39 is 5.97 Å². The second-order valence-electron chi connectivity index (χ2n) is 6.17. The van der Waals surface area contributed by atoms with Crippen LogP contribution in [-0.4, -0.2) is 52.8 Å². The Morgan fingerprint density at radius 2 is 1.71 bits per heavy atom. The summed E-state index contributed by atoms with van der Waals surface area (Å²) in [5, 5.41) is 8.91. The third-order valence-corrected chi connectivity index (χ3v) is 3.60. The molecule has 0 radical (unpaired) electrons. The minimum Gasteiger partial charge on any atom is -0.480 e. The maximum atomic E-state index is 12.4. The monoisotopic (exact) mass is 334 g/mol. The van der Waals surface area contributed by atoms with Crippen LogP contribution >= 0.6 is 0 Å². The molecule has 0 atom stereocenters. The van der Waals surface area contributed by atoms with Crippen molar-refractivity contribution in [1.82, 2.24) is 9.80 Å². The minimum atomic E-state index is -1.03. The highest BCUT2D eigenvalue weighted by Gasteiger charge is 2.18. The van der Waals surface area contributed by atoms with Gasteiger partial charge < -0.3 is 14.9 Å². The van der Waals surface area contributed by atoms with E-state index in [1.54, 1.807) is 36.2 Å². The molecule has 1 N–H and O–H groups in total. The van der Waals surface area contributed by atoms with E-state index in [4.69, 9.17) is 5.11 Å². The Kier molecular flexibility index (Phi) is 7.42. The summed E-state index contributed by atoms with van der Waals surface area (Å²) in [6.45, 7) is 6.17. The number of aliphatic carboxylic acids is 1. The lowest BCUT2D eigenvalue weighted by Crippen LogP contribution is -2.36. The van der Waals surface area contributed by atoms with Crippen LogP contribution in [0.15, 0.2) is 24.3 Å². The zero-order chi connectivity index (χ0) is 18.3. The Balaban J connectivity index is 2.80. The Bertz CT molecular complexity index is 581. The first-order chi connectivity index (χ1) is 11.3. The molecule has 0 saturated heterocycles. The molecule has 0 saturated carbocycles. The van der Waals surface area contributed by atoms with E-state index in [9.17, 15) is 14.4 Å². The van der Waals surface area contributed by atoms with Gasteiger partial charge >= 0.3 is 5.97 Å². The molecule has 0 spiro atoms. The van der Waals surface area contributed by atoms with E-state index in [0.29, 0.717) is 25.1 Å². The largest absolute Gasteiger partial charge is 0.480 e. The fourth-order valence-electron chi connectivity index (χ4n) is 2.41. The summed E-state index contributed by atoms with van der Waals surface area (Å²) in [6.07, 6.45) is 0.694. The van der Waals surface area contributed by atoms with Gasteiger partial charge in [-0.15, -0.1) is 0 Å². The molecule has 24 heavy (non-hydrogen) atoms. The standard InChI is InChI=1S/C18H26N2O4/c1-5-10-20(12-16(21)22)18(24)15-8-6-14(7-9-15)11-19(4)17(23)13(2)3/h6-9,13H,5,10-12H2,1-4H3,(H,21,22). The van der Waals surface area contributed by atoms with Gasteiger partial charge in [-0.2, -0.15) is 0 Å². The van der Waals surface area contributed by atoms with Gasteiger partial charge in [-0.25, -0.2) is 0 Å². The normalized spacial score (nSPS) is 10.5. The van der Waals surface area contributed by atoms with Crippen LogP contribution in [0.3, 0.4) is 0 Å². The van der Waals surface area contributed by atoms with Gasteiger partial charge in [-0.3, -0.25) is 14.4 Å².